The molecule has 2 saturated heterocycles. The average Bonchev–Trinajstić information content (AvgIpc) is 2.68. The molecule has 4 heteroatoms. The molecule has 2 heterocycles. The smallest absolute Gasteiger partial charge is 0.410 e. The summed E-state index contributed by atoms with van der Waals surface area (Å²) in [6.45, 7) is 2.80. The maximum atomic E-state index is 11.9. The van der Waals surface area contributed by atoms with Crippen LogP contribution in [-0.2, 0) is 4.74 Å². The monoisotopic (exact) mass is 238 g/mol. The van der Waals surface area contributed by atoms with Crippen LogP contribution in [0, 0.1) is 5.92 Å². The highest BCUT2D eigenvalue weighted by atomic mass is 16.6. The van der Waals surface area contributed by atoms with Crippen LogP contribution in [0.2, 0.25) is 0 Å². The van der Waals surface area contributed by atoms with E-state index >= 15 is 0 Å². The van der Waals surface area contributed by atoms with Gasteiger partial charge in [-0.25, -0.2) is 4.79 Å². The molecule has 1 N–H and O–H groups in total. The van der Waals surface area contributed by atoms with Crippen molar-refractivity contribution in [2.45, 2.75) is 50.7 Å². The lowest BCUT2D eigenvalue weighted by molar-refractivity contribution is 0.117. The second-order valence-electron chi connectivity index (χ2n) is 5.64. The van der Waals surface area contributed by atoms with Crippen LogP contribution in [0.3, 0.4) is 0 Å². The first-order chi connectivity index (χ1) is 8.34. The van der Waals surface area contributed by atoms with Gasteiger partial charge in [0, 0.05) is 13.1 Å². The van der Waals surface area contributed by atoms with E-state index in [1.54, 1.807) is 0 Å². The third kappa shape index (κ3) is 2.28. The molecule has 3 aliphatic rings. The number of hydrogen-bond donors (Lipinski definition) is 1. The summed E-state index contributed by atoms with van der Waals surface area (Å²) in [6, 6.07) is 0.290. The van der Waals surface area contributed by atoms with E-state index < -0.39 is 0 Å². The van der Waals surface area contributed by atoms with Gasteiger partial charge in [-0.3, -0.25) is 4.90 Å². The number of amides is 1. The Kier molecular flexibility index (Phi) is 3.23. The van der Waals surface area contributed by atoms with Gasteiger partial charge in [0.25, 0.3) is 0 Å². The van der Waals surface area contributed by atoms with Crippen molar-refractivity contribution in [3.05, 3.63) is 0 Å². The molecule has 2 aliphatic heterocycles. The molecule has 0 aromatic heterocycles. The van der Waals surface area contributed by atoms with Crippen molar-refractivity contribution in [3.8, 4) is 0 Å². The summed E-state index contributed by atoms with van der Waals surface area (Å²) in [5, 5.41) is 3.37. The summed E-state index contributed by atoms with van der Waals surface area (Å²) in [7, 11) is 0. The van der Waals surface area contributed by atoms with Crippen molar-refractivity contribution in [3.63, 3.8) is 0 Å². The number of rotatable bonds is 2. The fraction of sp³-hybridized carbons (Fsp3) is 0.923. The van der Waals surface area contributed by atoms with Crippen LogP contribution in [-0.4, -0.2) is 42.8 Å². The molecular formula is C13H22N2O2. The molecule has 1 amide bonds. The molecule has 0 spiro atoms. The third-order valence-electron chi connectivity index (χ3n) is 4.45. The van der Waals surface area contributed by atoms with E-state index in [1.807, 2.05) is 4.90 Å². The van der Waals surface area contributed by atoms with E-state index in [0.717, 1.165) is 26.1 Å². The van der Waals surface area contributed by atoms with Crippen molar-refractivity contribution >= 4 is 6.09 Å². The molecule has 96 valence electrons. The van der Waals surface area contributed by atoms with Crippen LogP contribution in [0.4, 0.5) is 4.79 Å². The fourth-order valence-electron chi connectivity index (χ4n) is 3.46. The van der Waals surface area contributed by atoms with Crippen LogP contribution in [0.25, 0.3) is 0 Å². The predicted molar refractivity (Wildman–Crippen MR) is 64.8 cm³/mol. The Morgan fingerprint density at radius 2 is 2.06 bits per heavy atom. The van der Waals surface area contributed by atoms with Crippen LogP contribution in [0.15, 0.2) is 0 Å². The maximum absolute atomic E-state index is 11.9. The maximum Gasteiger partial charge on any atom is 0.410 e. The zero-order chi connectivity index (χ0) is 11.7. The SMILES string of the molecule is O=C1OC2CCNCC2N1CC1CCCCC1. The largest absolute Gasteiger partial charge is 0.444 e. The number of nitrogens with one attached hydrogen (secondary N) is 1. The molecule has 0 aromatic carbocycles. The van der Waals surface area contributed by atoms with Crippen molar-refractivity contribution in [2.24, 2.45) is 5.92 Å². The normalized spacial score (nSPS) is 34.6. The molecule has 4 nitrogen and oxygen atoms in total. The second-order valence-corrected chi connectivity index (χ2v) is 5.64. The molecule has 3 fully saturated rings. The highest BCUT2D eigenvalue weighted by Gasteiger charge is 2.43. The van der Waals surface area contributed by atoms with Gasteiger partial charge in [-0.2, -0.15) is 0 Å². The zero-order valence-electron chi connectivity index (χ0n) is 10.4. The second kappa shape index (κ2) is 4.84. The Morgan fingerprint density at radius 1 is 1.24 bits per heavy atom. The minimum Gasteiger partial charge on any atom is -0.444 e. The van der Waals surface area contributed by atoms with E-state index in [1.165, 1.54) is 32.1 Å². The number of carbonyl (C=O) groups excluding carboxylic acids is 1. The molecule has 0 bridgehead atoms. The standard InChI is InChI=1S/C13H22N2O2/c16-13-15(9-10-4-2-1-3-5-10)11-8-14-7-6-12(11)17-13/h10-12,14H,1-9H2. The van der Waals surface area contributed by atoms with Gasteiger partial charge in [-0.05, 0) is 31.7 Å². The first-order valence-electron chi connectivity index (χ1n) is 7.02. The molecule has 0 radical (unpaired) electrons. The molecular weight excluding hydrogens is 216 g/mol. The average molecular weight is 238 g/mol. The molecule has 3 rings (SSSR count). The molecule has 2 atom stereocenters. The Bertz CT molecular complexity index is 289. The van der Waals surface area contributed by atoms with Gasteiger partial charge in [-0.15, -0.1) is 0 Å². The van der Waals surface area contributed by atoms with Crippen LogP contribution in [0.1, 0.15) is 38.5 Å². The van der Waals surface area contributed by atoms with Gasteiger partial charge >= 0.3 is 6.09 Å². The van der Waals surface area contributed by atoms with Crippen LogP contribution < -0.4 is 5.32 Å². The van der Waals surface area contributed by atoms with Gasteiger partial charge in [0.05, 0.1) is 6.04 Å². The van der Waals surface area contributed by atoms with Gasteiger partial charge in [0.1, 0.15) is 6.10 Å². The van der Waals surface area contributed by atoms with E-state index in [4.69, 9.17) is 4.74 Å². The van der Waals surface area contributed by atoms with Crippen LogP contribution >= 0.6 is 0 Å². The minimum absolute atomic E-state index is 0.0747. The first kappa shape index (κ1) is 11.3. The van der Waals surface area contributed by atoms with Gasteiger partial charge in [0.2, 0.25) is 0 Å². The number of nitrogens with zero attached hydrogens (tertiary/aromatic N) is 1. The van der Waals surface area contributed by atoms with Gasteiger partial charge in [-0.1, -0.05) is 19.3 Å². The molecule has 2 unspecified atom stereocenters. The number of fused-ring (bicyclic) bond motifs is 1. The van der Waals surface area contributed by atoms with Crippen molar-refractivity contribution in [1.82, 2.24) is 10.2 Å². The zero-order valence-corrected chi connectivity index (χ0v) is 10.4. The highest BCUT2D eigenvalue weighted by molar-refractivity contribution is 5.70. The summed E-state index contributed by atoms with van der Waals surface area (Å²) in [4.78, 5) is 13.9. The number of hydrogen-bond acceptors (Lipinski definition) is 3. The summed E-state index contributed by atoms with van der Waals surface area (Å²) in [6.07, 6.45) is 7.65. The Morgan fingerprint density at radius 3 is 2.88 bits per heavy atom. The Labute approximate surface area is 103 Å². The van der Waals surface area contributed by atoms with Gasteiger partial charge in [0.15, 0.2) is 0 Å². The summed E-state index contributed by atoms with van der Waals surface area (Å²) in [5.74, 6) is 0.706. The van der Waals surface area contributed by atoms with Gasteiger partial charge < -0.3 is 10.1 Å². The number of piperidine rings is 1. The fourth-order valence-corrected chi connectivity index (χ4v) is 3.46. The quantitative estimate of drug-likeness (QED) is 0.797. The van der Waals surface area contributed by atoms with E-state index in [-0.39, 0.29) is 18.2 Å². The lowest BCUT2D eigenvalue weighted by Crippen LogP contribution is -2.50. The van der Waals surface area contributed by atoms with Crippen molar-refractivity contribution < 1.29 is 9.53 Å². The van der Waals surface area contributed by atoms with E-state index in [9.17, 15) is 4.79 Å². The third-order valence-corrected chi connectivity index (χ3v) is 4.45. The molecule has 0 aromatic rings. The summed E-state index contributed by atoms with van der Waals surface area (Å²) in [5.41, 5.74) is 0. The topological polar surface area (TPSA) is 41.6 Å². The Hall–Kier alpha value is -0.770. The van der Waals surface area contributed by atoms with Crippen LogP contribution in [0.5, 0.6) is 0 Å². The van der Waals surface area contributed by atoms with Crippen molar-refractivity contribution in [1.29, 1.82) is 0 Å². The summed E-state index contributed by atoms with van der Waals surface area (Å²) < 4.78 is 5.47. The number of ether oxygens (including phenoxy) is 1. The first-order valence-corrected chi connectivity index (χ1v) is 7.02. The number of carbonyl (C=O) groups is 1. The van der Waals surface area contributed by atoms with E-state index in [2.05, 4.69) is 5.32 Å². The lowest BCUT2D eigenvalue weighted by Gasteiger charge is -2.32. The highest BCUT2D eigenvalue weighted by Crippen LogP contribution is 2.29. The molecule has 17 heavy (non-hydrogen) atoms. The van der Waals surface area contributed by atoms with E-state index in [0.29, 0.717) is 5.92 Å². The predicted octanol–water partition coefficient (Wildman–Crippen LogP) is 1.75. The summed E-state index contributed by atoms with van der Waals surface area (Å²) >= 11 is 0. The van der Waals surface area contributed by atoms with Crippen molar-refractivity contribution in [2.75, 3.05) is 19.6 Å². The molecule has 1 saturated carbocycles. The Balaban J connectivity index is 1.62. The lowest BCUT2D eigenvalue weighted by atomic mass is 9.88. The molecule has 1 aliphatic carbocycles. The minimum atomic E-state index is -0.0747.